The van der Waals surface area contributed by atoms with Crippen molar-refractivity contribution < 1.29 is 0 Å². The summed E-state index contributed by atoms with van der Waals surface area (Å²) in [5.41, 5.74) is 2.94. The summed E-state index contributed by atoms with van der Waals surface area (Å²) in [5, 5.41) is 16.7. The maximum Gasteiger partial charge on any atom is 0.0641 e. The van der Waals surface area contributed by atoms with Crippen LogP contribution in [0.25, 0.3) is 0 Å². The first-order chi connectivity index (χ1) is 8.57. The maximum atomic E-state index is 8.70. The van der Waals surface area contributed by atoms with Crippen molar-refractivity contribution in [2.45, 2.75) is 52.6 Å². The average molecular weight is 246 g/mol. The number of nitriles is 1. The van der Waals surface area contributed by atoms with Gasteiger partial charge in [0.05, 0.1) is 25.2 Å². The second-order valence-electron chi connectivity index (χ2n) is 5.83. The van der Waals surface area contributed by atoms with E-state index in [2.05, 4.69) is 37.3 Å². The van der Waals surface area contributed by atoms with E-state index in [1.165, 1.54) is 11.3 Å². The molecule has 1 N–H and O–H groups in total. The molecule has 0 radical (unpaired) electrons. The molecule has 1 aliphatic rings. The molecular formula is C14H22N4. The largest absolute Gasteiger partial charge is 0.310 e. The Kier molecular flexibility index (Phi) is 3.72. The molecule has 1 unspecified atom stereocenters. The van der Waals surface area contributed by atoms with Gasteiger partial charge in [-0.3, -0.25) is 4.68 Å². The van der Waals surface area contributed by atoms with Crippen molar-refractivity contribution in [3.8, 4) is 6.07 Å². The first-order valence-electron chi connectivity index (χ1n) is 6.72. The Labute approximate surface area is 109 Å². The Hall–Kier alpha value is -1.34. The zero-order chi connectivity index (χ0) is 13.2. The molecule has 0 fully saturated rings. The Morgan fingerprint density at radius 2 is 2.39 bits per heavy atom. The third-order valence-corrected chi connectivity index (χ3v) is 3.65. The lowest BCUT2D eigenvalue weighted by Gasteiger charge is -2.36. The predicted molar refractivity (Wildman–Crippen MR) is 71.0 cm³/mol. The summed E-state index contributed by atoms with van der Waals surface area (Å²) in [5.74, 6) is 0. The molecule has 0 spiro atoms. The number of aromatic nitrogens is 2. The van der Waals surface area contributed by atoms with E-state index in [1.807, 2.05) is 10.9 Å². The lowest BCUT2D eigenvalue weighted by atomic mass is 9.74. The summed E-state index contributed by atoms with van der Waals surface area (Å²) in [6, 6.07) is 2.60. The Bertz CT molecular complexity index is 453. The van der Waals surface area contributed by atoms with Crippen LogP contribution in [-0.2, 0) is 13.0 Å². The number of rotatable bonds is 4. The van der Waals surface area contributed by atoms with Crippen LogP contribution in [-0.4, -0.2) is 16.3 Å². The van der Waals surface area contributed by atoms with Crippen LogP contribution in [0.3, 0.4) is 0 Å². The van der Waals surface area contributed by atoms with Crippen molar-refractivity contribution >= 4 is 0 Å². The molecule has 1 aliphatic carbocycles. The van der Waals surface area contributed by atoms with Crippen molar-refractivity contribution in [2.75, 3.05) is 6.54 Å². The van der Waals surface area contributed by atoms with Gasteiger partial charge in [0.25, 0.3) is 0 Å². The SMILES string of the molecule is CCNC1CC(C)(C)Cc2c1cnn2CCC#N. The molecule has 1 aromatic heterocycles. The quantitative estimate of drug-likeness (QED) is 0.887. The second kappa shape index (κ2) is 5.11. The molecule has 4 nitrogen and oxygen atoms in total. The fourth-order valence-corrected chi connectivity index (χ4v) is 2.87. The van der Waals surface area contributed by atoms with Gasteiger partial charge in [0, 0.05) is 17.3 Å². The first-order valence-corrected chi connectivity index (χ1v) is 6.72. The minimum absolute atomic E-state index is 0.296. The van der Waals surface area contributed by atoms with E-state index >= 15 is 0 Å². The molecule has 0 bridgehead atoms. The van der Waals surface area contributed by atoms with E-state index in [-0.39, 0.29) is 0 Å². The summed E-state index contributed by atoms with van der Waals surface area (Å²) in [4.78, 5) is 0. The van der Waals surface area contributed by atoms with Crippen LogP contribution in [0.4, 0.5) is 0 Å². The van der Waals surface area contributed by atoms with Gasteiger partial charge < -0.3 is 5.32 Å². The molecule has 0 saturated carbocycles. The molecule has 0 aliphatic heterocycles. The minimum atomic E-state index is 0.296. The number of aryl methyl sites for hydroxylation is 1. The average Bonchev–Trinajstić information content (AvgIpc) is 2.68. The van der Waals surface area contributed by atoms with Crippen LogP contribution in [0.15, 0.2) is 6.20 Å². The lowest BCUT2D eigenvalue weighted by molar-refractivity contribution is 0.252. The number of nitrogens with zero attached hydrogens (tertiary/aromatic N) is 3. The number of hydrogen-bond donors (Lipinski definition) is 1. The van der Waals surface area contributed by atoms with E-state index in [1.54, 1.807) is 0 Å². The van der Waals surface area contributed by atoms with Gasteiger partial charge in [-0.25, -0.2) is 0 Å². The molecule has 1 atom stereocenters. The predicted octanol–water partition coefficient (Wildman–Crippen LogP) is 2.42. The molecule has 4 heteroatoms. The van der Waals surface area contributed by atoms with Crippen molar-refractivity contribution in [1.82, 2.24) is 15.1 Å². The topological polar surface area (TPSA) is 53.6 Å². The van der Waals surface area contributed by atoms with E-state index < -0.39 is 0 Å². The summed E-state index contributed by atoms with van der Waals surface area (Å²) in [6.45, 7) is 8.44. The number of hydrogen-bond acceptors (Lipinski definition) is 3. The maximum absolute atomic E-state index is 8.70. The molecule has 0 saturated heterocycles. The molecule has 2 rings (SSSR count). The van der Waals surface area contributed by atoms with Crippen molar-refractivity contribution in [3.05, 3.63) is 17.5 Å². The Morgan fingerprint density at radius 1 is 1.61 bits per heavy atom. The van der Waals surface area contributed by atoms with Gasteiger partial charge >= 0.3 is 0 Å². The highest BCUT2D eigenvalue weighted by atomic mass is 15.3. The third-order valence-electron chi connectivity index (χ3n) is 3.65. The second-order valence-corrected chi connectivity index (χ2v) is 5.83. The van der Waals surface area contributed by atoms with Crippen molar-refractivity contribution in [1.29, 1.82) is 5.26 Å². The molecule has 1 aromatic rings. The van der Waals surface area contributed by atoms with Crippen molar-refractivity contribution in [2.24, 2.45) is 5.41 Å². The third kappa shape index (κ3) is 2.56. The fraction of sp³-hybridized carbons (Fsp3) is 0.714. The Morgan fingerprint density at radius 3 is 3.06 bits per heavy atom. The van der Waals surface area contributed by atoms with Crippen LogP contribution in [0, 0.1) is 16.7 Å². The number of fused-ring (bicyclic) bond motifs is 1. The highest BCUT2D eigenvalue weighted by Crippen LogP contribution is 2.40. The highest BCUT2D eigenvalue weighted by Gasteiger charge is 2.34. The number of nitrogens with one attached hydrogen (secondary N) is 1. The first kappa shape index (κ1) is 13.1. The van der Waals surface area contributed by atoms with Crippen molar-refractivity contribution in [3.63, 3.8) is 0 Å². The van der Waals surface area contributed by atoms with E-state index in [0.717, 1.165) is 19.4 Å². The van der Waals surface area contributed by atoms with Gasteiger partial charge in [-0.05, 0) is 24.8 Å². The van der Waals surface area contributed by atoms with E-state index in [4.69, 9.17) is 5.26 Å². The molecular weight excluding hydrogens is 224 g/mol. The van der Waals surface area contributed by atoms with E-state index in [0.29, 0.717) is 24.4 Å². The molecule has 1 heterocycles. The highest BCUT2D eigenvalue weighted by molar-refractivity contribution is 5.27. The van der Waals surface area contributed by atoms with Gasteiger partial charge in [0.2, 0.25) is 0 Å². The van der Waals surface area contributed by atoms with E-state index in [9.17, 15) is 0 Å². The van der Waals surface area contributed by atoms with Crippen LogP contribution in [0.2, 0.25) is 0 Å². The molecule has 98 valence electrons. The molecule has 0 aromatic carbocycles. The molecule has 0 amide bonds. The summed E-state index contributed by atoms with van der Waals surface area (Å²) < 4.78 is 2.02. The standard InChI is InChI=1S/C14H22N4/c1-4-16-12-8-14(2,3)9-13-11(12)10-17-18(13)7-5-6-15/h10,12,16H,4-5,7-9H2,1-3H3. The zero-order valence-corrected chi connectivity index (χ0v) is 11.5. The fourth-order valence-electron chi connectivity index (χ4n) is 2.87. The summed E-state index contributed by atoms with van der Waals surface area (Å²) in [6.07, 6.45) is 4.71. The van der Waals surface area contributed by atoms with Crippen LogP contribution in [0.1, 0.15) is 50.9 Å². The minimum Gasteiger partial charge on any atom is -0.310 e. The van der Waals surface area contributed by atoms with Crippen LogP contribution >= 0.6 is 0 Å². The van der Waals surface area contributed by atoms with Gasteiger partial charge in [-0.15, -0.1) is 0 Å². The van der Waals surface area contributed by atoms with Crippen LogP contribution in [0.5, 0.6) is 0 Å². The summed E-state index contributed by atoms with van der Waals surface area (Å²) in [7, 11) is 0. The van der Waals surface area contributed by atoms with Gasteiger partial charge in [0.1, 0.15) is 0 Å². The smallest absolute Gasteiger partial charge is 0.0641 e. The summed E-state index contributed by atoms with van der Waals surface area (Å²) >= 11 is 0. The van der Waals surface area contributed by atoms with Gasteiger partial charge in [0.15, 0.2) is 0 Å². The molecule has 18 heavy (non-hydrogen) atoms. The lowest BCUT2D eigenvalue weighted by Crippen LogP contribution is -2.33. The monoisotopic (exact) mass is 246 g/mol. The normalized spacial score (nSPS) is 21.3. The van der Waals surface area contributed by atoms with Gasteiger partial charge in [-0.1, -0.05) is 20.8 Å². The Balaban J connectivity index is 2.29. The van der Waals surface area contributed by atoms with Gasteiger partial charge in [-0.2, -0.15) is 10.4 Å². The zero-order valence-electron chi connectivity index (χ0n) is 11.5. The van der Waals surface area contributed by atoms with Crippen LogP contribution < -0.4 is 5.32 Å².